The van der Waals surface area contributed by atoms with Gasteiger partial charge in [-0.3, -0.25) is 0 Å². The first-order chi connectivity index (χ1) is 13.1. The SMILES string of the molecule is Oc1ccc(Cl)cc1[C@H]1Oc2ccc(Cl)cc2[C@@H]2CC(c3ccco3)=NN12. The summed E-state index contributed by atoms with van der Waals surface area (Å²) in [6, 6.07) is 14.0. The van der Waals surface area contributed by atoms with E-state index in [9.17, 15) is 5.11 Å². The molecule has 0 fully saturated rings. The number of halogens is 2. The molecule has 7 heteroatoms. The number of phenols is 1. The van der Waals surface area contributed by atoms with Gasteiger partial charge in [0, 0.05) is 22.0 Å². The molecule has 3 heterocycles. The average Bonchev–Trinajstić information content (AvgIpc) is 3.32. The standard InChI is InChI=1S/C20H14Cl2N2O3/c21-11-3-5-17(25)14(9-11)20-24-16(10-15(23-24)19-2-1-7-26-19)13-8-12(22)4-6-18(13)27-20/h1-9,16,20,25H,10H2/t16-,20+/m0/s1. The molecule has 136 valence electrons. The lowest BCUT2D eigenvalue weighted by atomic mass is 9.97. The molecule has 27 heavy (non-hydrogen) atoms. The van der Waals surface area contributed by atoms with E-state index in [4.69, 9.17) is 37.5 Å². The van der Waals surface area contributed by atoms with Crippen LogP contribution in [0.4, 0.5) is 0 Å². The Balaban J connectivity index is 1.65. The second-order valence-corrected chi connectivity index (χ2v) is 7.35. The van der Waals surface area contributed by atoms with Gasteiger partial charge in [-0.2, -0.15) is 5.10 Å². The first-order valence-corrected chi connectivity index (χ1v) is 9.20. The van der Waals surface area contributed by atoms with Crippen molar-refractivity contribution < 1.29 is 14.3 Å². The van der Waals surface area contributed by atoms with Crippen LogP contribution in [0.3, 0.4) is 0 Å². The minimum absolute atomic E-state index is 0.0871. The fourth-order valence-corrected chi connectivity index (χ4v) is 3.94. The second kappa shape index (κ2) is 6.22. The molecule has 0 saturated carbocycles. The highest BCUT2D eigenvalue weighted by Gasteiger charge is 2.42. The lowest BCUT2D eigenvalue weighted by Crippen LogP contribution is -2.33. The summed E-state index contributed by atoms with van der Waals surface area (Å²) in [4.78, 5) is 0. The largest absolute Gasteiger partial charge is 0.507 e. The monoisotopic (exact) mass is 400 g/mol. The second-order valence-electron chi connectivity index (χ2n) is 6.48. The number of ether oxygens (including phenoxy) is 1. The molecular formula is C20H14Cl2N2O3. The number of hydrogen-bond acceptors (Lipinski definition) is 5. The van der Waals surface area contributed by atoms with Crippen molar-refractivity contribution in [2.45, 2.75) is 18.7 Å². The van der Waals surface area contributed by atoms with Crippen LogP contribution < -0.4 is 4.74 Å². The zero-order chi connectivity index (χ0) is 18.5. The zero-order valence-corrected chi connectivity index (χ0v) is 15.5. The Bertz CT molecular complexity index is 1050. The van der Waals surface area contributed by atoms with Crippen molar-refractivity contribution in [1.29, 1.82) is 0 Å². The van der Waals surface area contributed by atoms with Gasteiger partial charge >= 0.3 is 0 Å². The topological polar surface area (TPSA) is 58.2 Å². The van der Waals surface area contributed by atoms with Crippen molar-refractivity contribution in [3.05, 3.63) is 81.7 Å². The van der Waals surface area contributed by atoms with Crippen LogP contribution in [-0.4, -0.2) is 15.8 Å². The Morgan fingerprint density at radius 3 is 2.59 bits per heavy atom. The molecule has 0 aliphatic carbocycles. The average molecular weight is 401 g/mol. The maximum atomic E-state index is 10.4. The number of hydrogen-bond donors (Lipinski definition) is 1. The van der Waals surface area contributed by atoms with E-state index in [1.807, 2.05) is 29.3 Å². The van der Waals surface area contributed by atoms with E-state index in [0.717, 1.165) is 11.3 Å². The summed E-state index contributed by atoms with van der Waals surface area (Å²) in [6.45, 7) is 0. The number of benzene rings is 2. The Labute approximate surface area is 165 Å². The van der Waals surface area contributed by atoms with Gasteiger partial charge in [-0.05, 0) is 48.5 Å². The van der Waals surface area contributed by atoms with Crippen LogP contribution in [0, 0.1) is 0 Å². The van der Waals surface area contributed by atoms with E-state index in [-0.39, 0.29) is 11.8 Å². The molecule has 0 bridgehead atoms. The van der Waals surface area contributed by atoms with E-state index in [0.29, 0.717) is 33.5 Å². The third-order valence-corrected chi connectivity index (χ3v) is 5.28. The van der Waals surface area contributed by atoms with E-state index in [1.165, 1.54) is 0 Å². The maximum Gasteiger partial charge on any atom is 0.217 e. The number of nitrogens with zero attached hydrogens (tertiary/aromatic N) is 2. The van der Waals surface area contributed by atoms with Crippen LogP contribution in [0.25, 0.3) is 0 Å². The smallest absolute Gasteiger partial charge is 0.217 e. The summed E-state index contributed by atoms with van der Waals surface area (Å²) in [5.74, 6) is 1.52. The number of rotatable bonds is 2. The molecule has 2 atom stereocenters. The van der Waals surface area contributed by atoms with E-state index >= 15 is 0 Å². The van der Waals surface area contributed by atoms with Gasteiger partial charge in [0.05, 0.1) is 17.9 Å². The molecule has 0 unspecified atom stereocenters. The summed E-state index contributed by atoms with van der Waals surface area (Å²) < 4.78 is 11.7. The van der Waals surface area contributed by atoms with Crippen LogP contribution in [-0.2, 0) is 0 Å². The number of aromatic hydroxyl groups is 1. The Morgan fingerprint density at radius 2 is 1.81 bits per heavy atom. The summed E-state index contributed by atoms with van der Waals surface area (Å²) in [7, 11) is 0. The Kier molecular flexibility index (Phi) is 3.81. The molecule has 2 aliphatic heterocycles. The van der Waals surface area contributed by atoms with Gasteiger partial charge in [-0.1, -0.05) is 23.2 Å². The number of hydrazone groups is 1. The number of furan rings is 1. The minimum atomic E-state index is -0.616. The molecule has 5 nitrogen and oxygen atoms in total. The number of fused-ring (bicyclic) bond motifs is 3. The van der Waals surface area contributed by atoms with Crippen molar-refractivity contribution in [2.24, 2.45) is 5.10 Å². The van der Waals surface area contributed by atoms with Crippen LogP contribution in [0.15, 0.2) is 64.3 Å². The van der Waals surface area contributed by atoms with E-state index in [2.05, 4.69) is 0 Å². The lowest BCUT2D eigenvalue weighted by Gasteiger charge is -2.38. The fourth-order valence-electron chi connectivity index (χ4n) is 3.58. The number of phenolic OH excluding ortho intramolecular Hbond substituents is 1. The molecule has 0 radical (unpaired) electrons. The third kappa shape index (κ3) is 2.74. The summed E-state index contributed by atoms with van der Waals surface area (Å²) in [5, 5.41) is 18.1. The Morgan fingerprint density at radius 1 is 1.04 bits per heavy atom. The molecule has 3 aromatic rings. The summed E-state index contributed by atoms with van der Waals surface area (Å²) in [5.41, 5.74) is 2.32. The van der Waals surface area contributed by atoms with Crippen LogP contribution in [0.1, 0.15) is 35.6 Å². The molecule has 2 aliphatic rings. The van der Waals surface area contributed by atoms with Crippen LogP contribution in [0.2, 0.25) is 10.0 Å². The first kappa shape index (κ1) is 16.5. The first-order valence-electron chi connectivity index (χ1n) is 8.44. The van der Waals surface area contributed by atoms with Crippen molar-refractivity contribution in [3.63, 3.8) is 0 Å². The molecule has 0 saturated heterocycles. The van der Waals surface area contributed by atoms with Crippen LogP contribution in [0.5, 0.6) is 11.5 Å². The normalized spacial score (nSPS) is 20.7. The van der Waals surface area contributed by atoms with Crippen LogP contribution >= 0.6 is 23.2 Å². The van der Waals surface area contributed by atoms with Crippen molar-refractivity contribution in [3.8, 4) is 11.5 Å². The predicted octanol–water partition coefficient (Wildman–Crippen LogP) is 5.53. The highest BCUT2D eigenvalue weighted by molar-refractivity contribution is 6.31. The van der Waals surface area contributed by atoms with Gasteiger partial charge in [0.25, 0.3) is 0 Å². The van der Waals surface area contributed by atoms with Crippen molar-refractivity contribution >= 4 is 28.9 Å². The highest BCUT2D eigenvalue weighted by Crippen LogP contribution is 2.49. The van der Waals surface area contributed by atoms with Gasteiger partial charge in [0.15, 0.2) is 0 Å². The van der Waals surface area contributed by atoms with Gasteiger partial charge in [-0.15, -0.1) is 0 Å². The molecule has 1 aromatic heterocycles. The molecule has 0 amide bonds. The maximum absolute atomic E-state index is 10.4. The third-order valence-electron chi connectivity index (χ3n) is 4.81. The van der Waals surface area contributed by atoms with Gasteiger partial charge in [-0.25, -0.2) is 5.01 Å². The van der Waals surface area contributed by atoms with E-state index < -0.39 is 6.23 Å². The van der Waals surface area contributed by atoms with Crippen molar-refractivity contribution in [1.82, 2.24) is 5.01 Å². The molecule has 0 spiro atoms. The quantitative estimate of drug-likeness (QED) is 0.613. The molecule has 5 rings (SSSR count). The van der Waals surface area contributed by atoms with Gasteiger partial charge in [0.1, 0.15) is 23.0 Å². The highest BCUT2D eigenvalue weighted by atomic mass is 35.5. The summed E-state index contributed by atoms with van der Waals surface area (Å²) >= 11 is 12.4. The van der Waals surface area contributed by atoms with Gasteiger partial charge in [0.2, 0.25) is 6.23 Å². The predicted molar refractivity (Wildman–Crippen MR) is 102 cm³/mol. The zero-order valence-electron chi connectivity index (χ0n) is 14.0. The molecule has 2 aromatic carbocycles. The molecule has 1 N–H and O–H groups in total. The summed E-state index contributed by atoms with van der Waals surface area (Å²) in [6.07, 6.45) is 1.65. The van der Waals surface area contributed by atoms with Crippen molar-refractivity contribution in [2.75, 3.05) is 0 Å². The lowest BCUT2D eigenvalue weighted by molar-refractivity contribution is -0.0203. The fraction of sp³-hybridized carbons (Fsp3) is 0.150. The van der Waals surface area contributed by atoms with E-state index in [1.54, 1.807) is 30.5 Å². The van der Waals surface area contributed by atoms with Gasteiger partial charge < -0.3 is 14.3 Å². The molecular weight excluding hydrogens is 387 g/mol. The minimum Gasteiger partial charge on any atom is -0.507 e. The Hall–Kier alpha value is -2.63.